The molecule has 0 spiro atoms. The summed E-state index contributed by atoms with van der Waals surface area (Å²) in [6, 6.07) is 5.17. The van der Waals surface area contributed by atoms with Crippen LogP contribution in [0, 0.1) is 5.41 Å². The van der Waals surface area contributed by atoms with E-state index in [9.17, 15) is 5.11 Å². The summed E-state index contributed by atoms with van der Waals surface area (Å²) >= 11 is 12.3. The maximum Gasteiger partial charge on any atom is 0.137 e. The summed E-state index contributed by atoms with van der Waals surface area (Å²) in [5.41, 5.74) is 0.646. The van der Waals surface area contributed by atoms with Gasteiger partial charge in [0.2, 0.25) is 0 Å². The Morgan fingerprint density at radius 2 is 2.00 bits per heavy atom. The molecule has 2 aromatic rings. The Labute approximate surface area is 134 Å². The van der Waals surface area contributed by atoms with Gasteiger partial charge in [-0.2, -0.15) is 5.10 Å². The number of hydrogen-bond acceptors (Lipinski definition) is 3. The molecule has 114 valence electrons. The molecular formula is C15H19Cl2N3O. The summed E-state index contributed by atoms with van der Waals surface area (Å²) in [4.78, 5) is 3.99. The van der Waals surface area contributed by atoms with Gasteiger partial charge in [0.05, 0.1) is 12.1 Å². The summed E-state index contributed by atoms with van der Waals surface area (Å²) < 4.78 is 1.71. The maximum absolute atomic E-state index is 10.4. The first-order valence-corrected chi connectivity index (χ1v) is 7.51. The van der Waals surface area contributed by atoms with Crippen molar-refractivity contribution in [2.45, 2.75) is 39.3 Å². The van der Waals surface area contributed by atoms with E-state index in [0.717, 1.165) is 5.56 Å². The Bertz CT molecular complexity index is 593. The molecule has 0 amide bonds. The Hall–Kier alpha value is -1.10. The molecule has 0 aliphatic carbocycles. The molecule has 0 saturated heterocycles. The second-order valence-corrected chi connectivity index (χ2v) is 7.02. The van der Waals surface area contributed by atoms with Crippen molar-refractivity contribution < 1.29 is 5.11 Å². The van der Waals surface area contributed by atoms with Crippen molar-refractivity contribution in [1.82, 2.24) is 14.8 Å². The molecule has 6 heteroatoms. The first-order chi connectivity index (χ1) is 9.79. The molecule has 0 fully saturated rings. The highest BCUT2D eigenvalue weighted by molar-refractivity contribution is 6.35. The molecule has 2 rings (SSSR count). The van der Waals surface area contributed by atoms with E-state index in [1.807, 2.05) is 26.8 Å². The third-order valence-corrected chi connectivity index (χ3v) is 4.09. The fraction of sp³-hybridized carbons (Fsp3) is 0.467. The van der Waals surface area contributed by atoms with Crippen molar-refractivity contribution in [3.63, 3.8) is 0 Å². The average Bonchev–Trinajstić information content (AvgIpc) is 2.89. The molecule has 0 aliphatic heterocycles. The van der Waals surface area contributed by atoms with Crippen LogP contribution in [-0.2, 0) is 0 Å². The molecule has 2 atom stereocenters. The largest absolute Gasteiger partial charge is 0.392 e. The highest BCUT2D eigenvalue weighted by Crippen LogP contribution is 2.34. The molecular weight excluding hydrogens is 309 g/mol. The number of aliphatic hydroxyl groups is 1. The van der Waals surface area contributed by atoms with E-state index >= 15 is 0 Å². The topological polar surface area (TPSA) is 50.9 Å². The zero-order valence-electron chi connectivity index (χ0n) is 12.3. The average molecular weight is 328 g/mol. The lowest BCUT2D eigenvalue weighted by molar-refractivity contribution is 0.0455. The lowest BCUT2D eigenvalue weighted by atomic mass is 9.84. The number of benzene rings is 1. The molecule has 21 heavy (non-hydrogen) atoms. The summed E-state index contributed by atoms with van der Waals surface area (Å²) in [6.07, 6.45) is 3.10. The van der Waals surface area contributed by atoms with Crippen molar-refractivity contribution in [2.24, 2.45) is 5.41 Å². The molecule has 1 N–H and O–H groups in total. The lowest BCUT2D eigenvalue weighted by Gasteiger charge is -2.30. The summed E-state index contributed by atoms with van der Waals surface area (Å²) in [5.74, 6) is 0. The van der Waals surface area contributed by atoms with E-state index in [4.69, 9.17) is 23.2 Å². The molecule has 0 saturated carbocycles. The van der Waals surface area contributed by atoms with Crippen LogP contribution in [0.25, 0.3) is 0 Å². The maximum atomic E-state index is 10.4. The second kappa shape index (κ2) is 6.34. The van der Waals surface area contributed by atoms with Crippen LogP contribution in [0.2, 0.25) is 10.0 Å². The van der Waals surface area contributed by atoms with E-state index in [0.29, 0.717) is 16.5 Å². The van der Waals surface area contributed by atoms with Gasteiger partial charge >= 0.3 is 0 Å². The highest BCUT2D eigenvalue weighted by Gasteiger charge is 2.28. The minimum absolute atomic E-state index is 0.188. The fourth-order valence-electron chi connectivity index (χ4n) is 2.09. The first-order valence-electron chi connectivity index (χ1n) is 6.76. The van der Waals surface area contributed by atoms with Gasteiger partial charge in [-0.25, -0.2) is 9.67 Å². The molecule has 1 heterocycles. The normalized spacial score (nSPS) is 15.0. The zero-order valence-corrected chi connectivity index (χ0v) is 13.8. The first kappa shape index (κ1) is 16.3. The van der Waals surface area contributed by atoms with Gasteiger partial charge in [-0.3, -0.25) is 0 Å². The van der Waals surface area contributed by atoms with E-state index in [-0.39, 0.29) is 11.5 Å². The third-order valence-electron chi connectivity index (χ3n) is 3.52. The van der Waals surface area contributed by atoms with Gasteiger partial charge in [0, 0.05) is 16.5 Å². The molecule has 0 bridgehead atoms. The minimum atomic E-state index is -0.501. The quantitative estimate of drug-likeness (QED) is 0.924. The minimum Gasteiger partial charge on any atom is -0.392 e. The number of rotatable bonds is 4. The van der Waals surface area contributed by atoms with Crippen LogP contribution in [0.3, 0.4) is 0 Å². The summed E-state index contributed by atoms with van der Waals surface area (Å²) in [6.45, 7) is 6.00. The Morgan fingerprint density at radius 1 is 1.29 bits per heavy atom. The van der Waals surface area contributed by atoms with E-state index < -0.39 is 6.10 Å². The second-order valence-electron chi connectivity index (χ2n) is 6.17. The van der Waals surface area contributed by atoms with Gasteiger partial charge in [0.15, 0.2) is 0 Å². The zero-order chi connectivity index (χ0) is 15.6. The number of hydrogen-bond donors (Lipinski definition) is 1. The van der Waals surface area contributed by atoms with Crippen molar-refractivity contribution in [2.75, 3.05) is 0 Å². The van der Waals surface area contributed by atoms with Crippen molar-refractivity contribution in [3.05, 3.63) is 46.5 Å². The van der Waals surface area contributed by atoms with Gasteiger partial charge in [0.1, 0.15) is 12.7 Å². The predicted octanol–water partition coefficient (Wildman–Crippen LogP) is 3.97. The summed E-state index contributed by atoms with van der Waals surface area (Å²) in [7, 11) is 0. The van der Waals surface area contributed by atoms with Gasteiger partial charge in [0.25, 0.3) is 0 Å². The number of halogens is 2. The molecule has 4 nitrogen and oxygen atoms in total. The Kier molecular flexibility index (Phi) is 4.91. The van der Waals surface area contributed by atoms with Crippen LogP contribution in [0.4, 0.5) is 0 Å². The number of aromatic nitrogens is 3. The molecule has 0 aliphatic rings. The molecule has 0 radical (unpaired) electrons. The van der Waals surface area contributed by atoms with E-state index in [1.165, 1.54) is 6.33 Å². The van der Waals surface area contributed by atoms with E-state index in [1.54, 1.807) is 23.1 Å². The molecule has 1 aromatic heterocycles. The molecule has 1 aromatic carbocycles. The van der Waals surface area contributed by atoms with Gasteiger partial charge in [-0.05, 0) is 23.1 Å². The molecule has 2 unspecified atom stereocenters. The highest BCUT2D eigenvalue weighted by atomic mass is 35.5. The van der Waals surface area contributed by atoms with Gasteiger partial charge in [-0.1, -0.05) is 50.0 Å². The predicted molar refractivity (Wildman–Crippen MR) is 84.7 cm³/mol. The lowest BCUT2D eigenvalue weighted by Crippen LogP contribution is -2.30. The van der Waals surface area contributed by atoms with Crippen molar-refractivity contribution in [3.8, 4) is 0 Å². The SMILES string of the molecule is CC(C)(C)C(O)CC(c1ccc(Cl)cc1Cl)n1cncn1. The van der Waals surface area contributed by atoms with Crippen LogP contribution in [0.15, 0.2) is 30.9 Å². The summed E-state index contributed by atoms with van der Waals surface area (Å²) in [5, 5.41) is 15.8. The van der Waals surface area contributed by atoms with Crippen molar-refractivity contribution >= 4 is 23.2 Å². The van der Waals surface area contributed by atoms with Gasteiger partial charge in [-0.15, -0.1) is 0 Å². The fourth-order valence-corrected chi connectivity index (χ4v) is 2.63. The standard InChI is InChI=1S/C15H19Cl2N3O/c1-15(2,3)14(21)7-13(20-9-18-8-19-20)11-5-4-10(16)6-12(11)17/h4-6,8-9,13-14,21H,7H2,1-3H3. The van der Waals surface area contributed by atoms with Crippen LogP contribution < -0.4 is 0 Å². The third kappa shape index (κ3) is 3.96. The van der Waals surface area contributed by atoms with E-state index in [2.05, 4.69) is 10.1 Å². The van der Waals surface area contributed by atoms with Crippen LogP contribution in [-0.4, -0.2) is 26.0 Å². The Morgan fingerprint density at radius 3 is 2.52 bits per heavy atom. The Balaban J connectivity index is 2.38. The smallest absolute Gasteiger partial charge is 0.137 e. The van der Waals surface area contributed by atoms with Crippen molar-refractivity contribution in [1.29, 1.82) is 0 Å². The number of nitrogens with zero attached hydrogens (tertiary/aromatic N) is 3. The van der Waals surface area contributed by atoms with Crippen LogP contribution >= 0.6 is 23.2 Å². The van der Waals surface area contributed by atoms with Gasteiger partial charge < -0.3 is 5.11 Å². The van der Waals surface area contributed by atoms with Crippen LogP contribution in [0.5, 0.6) is 0 Å². The number of aliphatic hydroxyl groups excluding tert-OH is 1. The monoisotopic (exact) mass is 327 g/mol. The van der Waals surface area contributed by atoms with Crippen LogP contribution in [0.1, 0.15) is 38.8 Å².